The smallest absolute Gasteiger partial charge is 0.245 e. The minimum absolute atomic E-state index is 0.0826. The average molecular weight is 276 g/mol. The highest BCUT2D eigenvalue weighted by Gasteiger charge is 2.36. The van der Waals surface area contributed by atoms with E-state index in [2.05, 4.69) is 0 Å². The molecule has 1 aromatic carbocycles. The van der Waals surface area contributed by atoms with Crippen molar-refractivity contribution in [3.63, 3.8) is 0 Å². The first kappa shape index (κ1) is 13.4. The zero-order valence-electron chi connectivity index (χ0n) is 9.86. The van der Waals surface area contributed by atoms with Gasteiger partial charge in [0.25, 0.3) is 0 Å². The third-order valence-corrected chi connectivity index (χ3v) is 5.00. The van der Waals surface area contributed by atoms with Crippen molar-refractivity contribution >= 4 is 10.0 Å². The van der Waals surface area contributed by atoms with Gasteiger partial charge in [0.15, 0.2) is 5.82 Å². The van der Waals surface area contributed by atoms with E-state index in [4.69, 9.17) is 5.73 Å². The molecule has 0 aromatic heterocycles. The van der Waals surface area contributed by atoms with Gasteiger partial charge in [-0.2, -0.15) is 4.31 Å². The zero-order chi connectivity index (χ0) is 13.5. The SMILES string of the molecule is CN(C1CC1)S(=O)(=O)c1ccc(F)c(CN)c1F. The van der Waals surface area contributed by atoms with Crippen LogP contribution in [-0.2, 0) is 16.6 Å². The second-order valence-corrected chi connectivity index (χ2v) is 6.26. The van der Waals surface area contributed by atoms with Crippen LogP contribution in [0.5, 0.6) is 0 Å². The van der Waals surface area contributed by atoms with Gasteiger partial charge in [-0.15, -0.1) is 0 Å². The summed E-state index contributed by atoms with van der Waals surface area (Å²) in [7, 11) is -2.52. The second-order valence-electron chi connectivity index (χ2n) is 4.29. The molecule has 0 atom stereocenters. The van der Waals surface area contributed by atoms with Crippen LogP contribution in [0.3, 0.4) is 0 Å². The van der Waals surface area contributed by atoms with Crippen molar-refractivity contribution in [2.75, 3.05) is 7.05 Å². The van der Waals surface area contributed by atoms with Crippen molar-refractivity contribution in [3.8, 4) is 0 Å². The van der Waals surface area contributed by atoms with Crippen molar-refractivity contribution in [2.45, 2.75) is 30.3 Å². The number of nitrogens with zero attached hydrogens (tertiary/aromatic N) is 1. The minimum atomic E-state index is -3.92. The highest BCUT2D eigenvalue weighted by Crippen LogP contribution is 2.32. The van der Waals surface area contributed by atoms with Crippen molar-refractivity contribution in [3.05, 3.63) is 29.3 Å². The lowest BCUT2D eigenvalue weighted by Gasteiger charge is -2.17. The summed E-state index contributed by atoms with van der Waals surface area (Å²) in [6.45, 7) is -0.381. The first-order valence-corrected chi connectivity index (χ1v) is 6.98. The summed E-state index contributed by atoms with van der Waals surface area (Å²) < 4.78 is 52.6. The van der Waals surface area contributed by atoms with Crippen LogP contribution < -0.4 is 5.73 Å². The molecule has 0 saturated heterocycles. The van der Waals surface area contributed by atoms with Crippen molar-refractivity contribution in [1.29, 1.82) is 0 Å². The normalized spacial score (nSPS) is 16.3. The fourth-order valence-electron chi connectivity index (χ4n) is 1.75. The van der Waals surface area contributed by atoms with Gasteiger partial charge in [-0.1, -0.05) is 0 Å². The first-order chi connectivity index (χ1) is 8.39. The second kappa shape index (κ2) is 4.56. The van der Waals surface area contributed by atoms with Gasteiger partial charge in [0.2, 0.25) is 10.0 Å². The number of sulfonamides is 1. The maximum absolute atomic E-state index is 13.9. The van der Waals surface area contributed by atoms with E-state index in [1.54, 1.807) is 0 Å². The van der Waals surface area contributed by atoms with Gasteiger partial charge in [0, 0.05) is 25.2 Å². The van der Waals surface area contributed by atoms with Crippen LogP contribution in [0.4, 0.5) is 8.78 Å². The largest absolute Gasteiger partial charge is 0.326 e. The first-order valence-electron chi connectivity index (χ1n) is 5.54. The number of hydrogen-bond acceptors (Lipinski definition) is 3. The molecule has 0 radical (unpaired) electrons. The van der Waals surface area contributed by atoms with Gasteiger partial charge >= 0.3 is 0 Å². The van der Waals surface area contributed by atoms with Crippen LogP contribution in [0.25, 0.3) is 0 Å². The number of hydrogen-bond donors (Lipinski definition) is 1. The minimum Gasteiger partial charge on any atom is -0.326 e. The molecule has 2 N–H and O–H groups in total. The molecule has 2 rings (SSSR count). The lowest BCUT2D eigenvalue weighted by molar-refractivity contribution is 0.454. The highest BCUT2D eigenvalue weighted by molar-refractivity contribution is 7.89. The van der Waals surface area contributed by atoms with E-state index >= 15 is 0 Å². The summed E-state index contributed by atoms with van der Waals surface area (Å²) in [5.41, 5.74) is 4.82. The van der Waals surface area contributed by atoms with E-state index in [-0.39, 0.29) is 12.6 Å². The van der Waals surface area contributed by atoms with E-state index in [0.29, 0.717) is 0 Å². The number of nitrogens with two attached hydrogens (primary N) is 1. The molecule has 1 aromatic rings. The van der Waals surface area contributed by atoms with Crippen LogP contribution in [0.15, 0.2) is 17.0 Å². The van der Waals surface area contributed by atoms with Gasteiger partial charge in [-0.25, -0.2) is 17.2 Å². The molecule has 0 bridgehead atoms. The summed E-state index contributed by atoms with van der Waals surface area (Å²) in [6, 6.07) is 1.79. The average Bonchev–Trinajstić information content (AvgIpc) is 3.12. The third-order valence-electron chi connectivity index (χ3n) is 3.07. The maximum atomic E-state index is 13.9. The maximum Gasteiger partial charge on any atom is 0.245 e. The Balaban J connectivity index is 2.51. The van der Waals surface area contributed by atoms with Crippen LogP contribution in [0.1, 0.15) is 18.4 Å². The van der Waals surface area contributed by atoms with Crippen molar-refractivity contribution in [1.82, 2.24) is 4.31 Å². The molecule has 0 unspecified atom stereocenters. The summed E-state index contributed by atoms with van der Waals surface area (Å²) in [6.07, 6.45) is 1.53. The standard InChI is InChI=1S/C11H14F2N2O2S/c1-15(7-2-3-7)18(16,17)10-5-4-9(12)8(6-14)11(10)13/h4-5,7H,2-3,6,14H2,1H3. The van der Waals surface area contributed by atoms with Crippen LogP contribution in [0, 0.1) is 11.6 Å². The molecule has 1 aliphatic rings. The van der Waals surface area contributed by atoms with Crippen molar-refractivity contribution in [2.24, 2.45) is 5.73 Å². The number of benzene rings is 1. The van der Waals surface area contributed by atoms with E-state index < -0.39 is 32.1 Å². The molecule has 18 heavy (non-hydrogen) atoms. The Morgan fingerprint density at radius 3 is 2.50 bits per heavy atom. The van der Waals surface area contributed by atoms with Gasteiger partial charge in [-0.3, -0.25) is 0 Å². The van der Waals surface area contributed by atoms with Gasteiger partial charge < -0.3 is 5.73 Å². The Morgan fingerprint density at radius 1 is 1.39 bits per heavy atom. The fraction of sp³-hybridized carbons (Fsp3) is 0.455. The molecule has 7 heteroatoms. The van der Waals surface area contributed by atoms with Crippen molar-refractivity contribution < 1.29 is 17.2 Å². The van der Waals surface area contributed by atoms with E-state index in [1.807, 2.05) is 0 Å². The molecule has 1 aliphatic carbocycles. The predicted octanol–water partition coefficient (Wildman–Crippen LogP) is 1.21. The Morgan fingerprint density at radius 2 is 2.00 bits per heavy atom. The monoisotopic (exact) mass is 276 g/mol. The van der Waals surface area contributed by atoms with Crippen LogP contribution >= 0.6 is 0 Å². The summed E-state index contributed by atoms with van der Waals surface area (Å²) >= 11 is 0. The number of halogens is 2. The predicted molar refractivity (Wildman–Crippen MR) is 62.2 cm³/mol. The molecule has 1 saturated carbocycles. The quantitative estimate of drug-likeness (QED) is 0.899. The van der Waals surface area contributed by atoms with Crippen LogP contribution in [-0.4, -0.2) is 25.8 Å². The highest BCUT2D eigenvalue weighted by atomic mass is 32.2. The van der Waals surface area contributed by atoms with Crippen LogP contribution in [0.2, 0.25) is 0 Å². The third kappa shape index (κ3) is 2.13. The Labute approximate surface area is 104 Å². The van der Waals surface area contributed by atoms with E-state index in [9.17, 15) is 17.2 Å². The van der Waals surface area contributed by atoms with Gasteiger partial charge in [-0.05, 0) is 25.0 Å². The lowest BCUT2D eigenvalue weighted by Crippen LogP contribution is -2.30. The summed E-state index contributed by atoms with van der Waals surface area (Å²) in [5, 5.41) is 0. The molecule has 0 amide bonds. The lowest BCUT2D eigenvalue weighted by atomic mass is 10.2. The number of rotatable bonds is 4. The molecule has 1 fully saturated rings. The van der Waals surface area contributed by atoms with E-state index in [0.717, 1.165) is 29.3 Å². The van der Waals surface area contributed by atoms with Gasteiger partial charge in [0.05, 0.1) is 0 Å². The Kier molecular flexibility index (Phi) is 3.39. The molecule has 0 heterocycles. The molecule has 100 valence electrons. The molecule has 0 spiro atoms. The van der Waals surface area contributed by atoms with E-state index in [1.165, 1.54) is 7.05 Å². The molecule has 4 nitrogen and oxygen atoms in total. The molecular formula is C11H14F2N2O2S. The molecular weight excluding hydrogens is 262 g/mol. The Bertz CT molecular complexity index is 571. The van der Waals surface area contributed by atoms with Gasteiger partial charge in [0.1, 0.15) is 10.7 Å². The Hall–Kier alpha value is -1.05. The zero-order valence-corrected chi connectivity index (χ0v) is 10.7. The fourth-order valence-corrected chi connectivity index (χ4v) is 3.26. The summed E-state index contributed by atoms with van der Waals surface area (Å²) in [5.74, 6) is -1.92. The summed E-state index contributed by atoms with van der Waals surface area (Å²) in [4.78, 5) is -0.515. The topological polar surface area (TPSA) is 63.4 Å². The molecule has 0 aliphatic heterocycles.